The maximum Gasteiger partial charge on any atom is 0.245 e. The van der Waals surface area contributed by atoms with E-state index in [1.54, 1.807) is 0 Å². The van der Waals surface area contributed by atoms with Crippen molar-refractivity contribution in [1.82, 2.24) is 4.90 Å². The topological polar surface area (TPSA) is 136 Å². The first-order valence-corrected chi connectivity index (χ1v) is 9.62. The number of nitrogens with two attached hydrogens (primary N) is 2. The molecule has 1 aliphatic rings. The Balaban J connectivity index is 0.000000541. The van der Waals surface area contributed by atoms with Gasteiger partial charge in [-0.25, -0.2) is 4.99 Å². The average molecular weight is 383 g/mol. The zero-order valence-corrected chi connectivity index (χ0v) is 16.5. The molecule has 1 unspecified atom stereocenters. The molecule has 0 spiro atoms. The van der Waals surface area contributed by atoms with Crippen LogP contribution in [0, 0.1) is 5.92 Å². The molecule has 154 valence electrons. The second kappa shape index (κ2) is 14.9. The summed E-state index contributed by atoms with van der Waals surface area (Å²) in [5, 5.41) is 0. The van der Waals surface area contributed by atoms with Crippen molar-refractivity contribution >= 4 is 30.3 Å². The maximum absolute atomic E-state index is 12.0. The van der Waals surface area contributed by atoms with E-state index < -0.39 is 0 Å². The minimum absolute atomic E-state index is 0.0254. The van der Waals surface area contributed by atoms with Crippen molar-refractivity contribution in [2.45, 2.75) is 71.1 Å². The number of rotatable bonds is 10. The monoisotopic (exact) mass is 382 g/mol. The van der Waals surface area contributed by atoms with Crippen LogP contribution in [-0.2, 0) is 19.2 Å². The van der Waals surface area contributed by atoms with Gasteiger partial charge in [0.25, 0.3) is 0 Å². The molecular weight excluding hydrogens is 348 g/mol. The van der Waals surface area contributed by atoms with Gasteiger partial charge in [-0.1, -0.05) is 6.92 Å². The molecule has 0 aromatic heterocycles. The van der Waals surface area contributed by atoms with E-state index in [2.05, 4.69) is 11.7 Å². The third-order valence-electron chi connectivity index (χ3n) is 4.39. The summed E-state index contributed by atoms with van der Waals surface area (Å²) in [4.78, 5) is 48.4. The summed E-state index contributed by atoms with van der Waals surface area (Å²) in [6, 6.07) is 0. The normalized spacial score (nSPS) is 14.5. The Morgan fingerprint density at radius 2 is 1.44 bits per heavy atom. The lowest BCUT2D eigenvalue weighted by Crippen LogP contribution is -2.38. The molecule has 0 aromatic carbocycles. The predicted molar refractivity (Wildman–Crippen MR) is 105 cm³/mol. The summed E-state index contributed by atoms with van der Waals surface area (Å²) in [7, 11) is 0. The van der Waals surface area contributed by atoms with E-state index in [4.69, 9.17) is 11.5 Å². The highest BCUT2D eigenvalue weighted by Gasteiger charge is 2.21. The van der Waals surface area contributed by atoms with Crippen molar-refractivity contribution in [2.24, 2.45) is 22.4 Å². The van der Waals surface area contributed by atoms with Crippen LogP contribution in [0.4, 0.5) is 0 Å². The maximum atomic E-state index is 12.0. The molecule has 0 aromatic rings. The fourth-order valence-corrected chi connectivity index (χ4v) is 2.79. The van der Waals surface area contributed by atoms with E-state index in [0.29, 0.717) is 32.1 Å². The van der Waals surface area contributed by atoms with Crippen LogP contribution in [0.3, 0.4) is 0 Å². The Kier molecular flexibility index (Phi) is 13.6. The molecule has 4 N–H and O–H groups in total. The van der Waals surface area contributed by atoms with Gasteiger partial charge in [-0.15, -0.1) is 0 Å². The minimum Gasteiger partial charge on any atom is -0.370 e. The van der Waals surface area contributed by atoms with Crippen molar-refractivity contribution in [3.63, 3.8) is 0 Å². The summed E-state index contributed by atoms with van der Waals surface area (Å²) in [5.41, 5.74) is 9.95. The predicted octanol–water partition coefficient (Wildman–Crippen LogP) is 1.55. The molecule has 1 saturated heterocycles. The van der Waals surface area contributed by atoms with Crippen LogP contribution in [0.1, 0.15) is 71.1 Å². The molecule has 0 aliphatic carbocycles. The molecule has 0 radical (unpaired) electrons. The van der Waals surface area contributed by atoms with Crippen LogP contribution in [0.25, 0.3) is 0 Å². The SMILES string of the molecule is C=NC(=O)CCCCC(N)=O.CC(CCCC(N)=O)C(=O)N1CCCCC1. The van der Waals surface area contributed by atoms with E-state index in [1.165, 1.54) is 6.42 Å². The Morgan fingerprint density at radius 1 is 0.926 bits per heavy atom. The summed E-state index contributed by atoms with van der Waals surface area (Å²) in [5.74, 6) is -0.572. The van der Waals surface area contributed by atoms with Crippen molar-refractivity contribution in [3.05, 3.63) is 0 Å². The zero-order chi connectivity index (χ0) is 20.7. The second-order valence-corrected chi connectivity index (χ2v) is 6.87. The third kappa shape index (κ3) is 13.6. The Bertz CT molecular complexity index is 502. The van der Waals surface area contributed by atoms with E-state index in [9.17, 15) is 19.2 Å². The largest absolute Gasteiger partial charge is 0.370 e. The molecule has 4 amide bonds. The minimum atomic E-state index is -0.330. The van der Waals surface area contributed by atoms with Gasteiger partial charge in [-0.2, -0.15) is 0 Å². The van der Waals surface area contributed by atoms with Crippen LogP contribution >= 0.6 is 0 Å². The Morgan fingerprint density at radius 3 is 1.96 bits per heavy atom. The fourth-order valence-electron chi connectivity index (χ4n) is 2.79. The lowest BCUT2D eigenvalue weighted by atomic mass is 10.0. The molecule has 1 rings (SSSR count). The number of nitrogens with zero attached hydrogens (tertiary/aromatic N) is 2. The summed E-state index contributed by atoms with van der Waals surface area (Å²) in [6.07, 6.45) is 7.35. The van der Waals surface area contributed by atoms with Gasteiger partial charge in [0.2, 0.25) is 23.6 Å². The number of likely N-dealkylation sites (tertiary alicyclic amines) is 1. The molecule has 1 atom stereocenters. The van der Waals surface area contributed by atoms with Crippen LogP contribution in [0.15, 0.2) is 4.99 Å². The van der Waals surface area contributed by atoms with Gasteiger partial charge in [-0.3, -0.25) is 19.2 Å². The highest BCUT2D eigenvalue weighted by molar-refractivity contribution is 5.80. The summed E-state index contributed by atoms with van der Waals surface area (Å²) >= 11 is 0. The number of primary amides is 2. The smallest absolute Gasteiger partial charge is 0.245 e. The van der Waals surface area contributed by atoms with Crippen LogP contribution in [0.2, 0.25) is 0 Å². The van der Waals surface area contributed by atoms with E-state index in [0.717, 1.165) is 38.8 Å². The highest BCUT2D eigenvalue weighted by atomic mass is 16.2. The molecule has 1 heterocycles. The number of carbonyl (C=O) groups excluding carboxylic acids is 4. The molecule has 0 saturated carbocycles. The Labute approximate surface area is 161 Å². The number of carbonyl (C=O) groups is 4. The first kappa shape index (κ1) is 24.8. The molecule has 8 heteroatoms. The summed E-state index contributed by atoms with van der Waals surface area (Å²) < 4.78 is 0. The first-order valence-electron chi connectivity index (χ1n) is 9.62. The van der Waals surface area contributed by atoms with E-state index in [1.807, 2.05) is 11.8 Å². The number of piperidine rings is 1. The van der Waals surface area contributed by atoms with E-state index in [-0.39, 0.29) is 29.5 Å². The molecule has 1 fully saturated rings. The van der Waals surface area contributed by atoms with Crippen molar-refractivity contribution in [3.8, 4) is 0 Å². The highest BCUT2D eigenvalue weighted by Crippen LogP contribution is 2.16. The van der Waals surface area contributed by atoms with Gasteiger partial charge in [0.05, 0.1) is 0 Å². The molecular formula is C19H34N4O4. The molecule has 0 bridgehead atoms. The number of hydrogen-bond donors (Lipinski definition) is 2. The first-order chi connectivity index (χ1) is 12.8. The van der Waals surface area contributed by atoms with Crippen molar-refractivity contribution < 1.29 is 19.2 Å². The zero-order valence-electron chi connectivity index (χ0n) is 16.5. The number of unbranched alkanes of at least 4 members (excludes halogenated alkanes) is 1. The summed E-state index contributed by atoms with van der Waals surface area (Å²) in [6.45, 7) is 6.83. The van der Waals surface area contributed by atoms with Crippen LogP contribution < -0.4 is 11.5 Å². The van der Waals surface area contributed by atoms with Crippen LogP contribution in [0.5, 0.6) is 0 Å². The number of amides is 4. The molecule has 1 aliphatic heterocycles. The lowest BCUT2D eigenvalue weighted by Gasteiger charge is -2.29. The van der Waals surface area contributed by atoms with Gasteiger partial charge >= 0.3 is 0 Å². The van der Waals surface area contributed by atoms with Gasteiger partial charge < -0.3 is 16.4 Å². The standard InChI is InChI=1S/C12H22N2O2.C7H12N2O2/c1-10(6-5-7-11(13)15)12(16)14-8-3-2-4-9-14;1-9-7(11)5-3-2-4-6(8)10/h10H,2-9H2,1H3,(H2,13,15);1-5H2,(H2,8,10). The van der Waals surface area contributed by atoms with Crippen molar-refractivity contribution in [1.29, 1.82) is 0 Å². The number of aliphatic imine (C=N–C) groups is 1. The lowest BCUT2D eigenvalue weighted by molar-refractivity contribution is -0.136. The van der Waals surface area contributed by atoms with Gasteiger partial charge in [0.1, 0.15) is 0 Å². The quantitative estimate of drug-likeness (QED) is 0.437. The number of hydrogen-bond acceptors (Lipinski definition) is 4. The Hall–Kier alpha value is -2.25. The van der Waals surface area contributed by atoms with Gasteiger partial charge in [0, 0.05) is 38.3 Å². The average Bonchev–Trinajstić information content (AvgIpc) is 2.65. The second-order valence-electron chi connectivity index (χ2n) is 6.87. The van der Waals surface area contributed by atoms with Crippen LogP contribution in [-0.4, -0.2) is 48.3 Å². The van der Waals surface area contributed by atoms with Gasteiger partial charge in [0.15, 0.2) is 0 Å². The fraction of sp³-hybridized carbons (Fsp3) is 0.737. The van der Waals surface area contributed by atoms with Crippen molar-refractivity contribution in [2.75, 3.05) is 13.1 Å². The third-order valence-corrected chi connectivity index (χ3v) is 4.39. The molecule has 27 heavy (non-hydrogen) atoms. The van der Waals surface area contributed by atoms with Gasteiger partial charge in [-0.05, 0) is 51.7 Å². The molecule has 8 nitrogen and oxygen atoms in total. The van der Waals surface area contributed by atoms with E-state index >= 15 is 0 Å².